The highest BCUT2D eigenvalue weighted by atomic mass is 16.5. The van der Waals surface area contributed by atoms with Crippen LogP contribution in [-0.2, 0) is 14.3 Å². The number of carbonyl (C=O) groups is 2. The van der Waals surface area contributed by atoms with E-state index in [2.05, 4.69) is 25.4 Å². The van der Waals surface area contributed by atoms with E-state index in [0.29, 0.717) is 18.2 Å². The van der Waals surface area contributed by atoms with E-state index in [-0.39, 0.29) is 29.9 Å². The van der Waals surface area contributed by atoms with Gasteiger partial charge in [0.2, 0.25) is 5.91 Å². The Morgan fingerprint density at radius 1 is 1.21 bits per heavy atom. The van der Waals surface area contributed by atoms with Gasteiger partial charge in [0.05, 0.1) is 28.7 Å². The zero-order chi connectivity index (χ0) is 23.3. The van der Waals surface area contributed by atoms with Gasteiger partial charge in [0.25, 0.3) is 0 Å². The lowest BCUT2D eigenvalue weighted by Crippen LogP contribution is -2.45. The molecule has 1 aliphatic carbocycles. The van der Waals surface area contributed by atoms with Crippen molar-refractivity contribution in [3.8, 4) is 5.69 Å². The molecule has 34 heavy (non-hydrogen) atoms. The van der Waals surface area contributed by atoms with Gasteiger partial charge in [0.1, 0.15) is 19.0 Å². The van der Waals surface area contributed by atoms with Gasteiger partial charge >= 0.3 is 5.97 Å². The predicted octanol–water partition coefficient (Wildman–Crippen LogP) is 0.624. The number of amides is 1. The maximum atomic E-state index is 13.6. The monoisotopic (exact) mass is 465 g/mol. The molecule has 2 aromatic heterocycles. The standard InChI is InChI=1S/C23H27N7O4/c31-20(18-4-3-16(11-24-18)29-14-25-26-27-29)12-28-7-5-23(6-8-28)10-19(15-1-2-15)30(22(23)33)17-9-21(32)34-13-17/h3-4,9,11,14-15,19-20,31H,1-2,5-8,10,12-13H2. The molecule has 1 amide bonds. The SMILES string of the molecule is O=C1C=C(N2C(=O)C3(CCN(CC(O)c4ccc(-n5cnnn5)cn4)CC3)CC2C2CC2)CO1. The molecule has 0 bridgehead atoms. The van der Waals surface area contributed by atoms with E-state index in [9.17, 15) is 14.7 Å². The summed E-state index contributed by atoms with van der Waals surface area (Å²) in [6, 6.07) is 3.78. The van der Waals surface area contributed by atoms with Gasteiger partial charge in [-0.2, -0.15) is 4.68 Å². The number of piperidine rings is 1. The van der Waals surface area contributed by atoms with Crippen LogP contribution in [0.2, 0.25) is 0 Å². The fourth-order valence-electron chi connectivity index (χ4n) is 5.62. The third-order valence-electron chi connectivity index (χ3n) is 7.70. The number of esters is 1. The van der Waals surface area contributed by atoms with Crippen LogP contribution in [0, 0.1) is 11.3 Å². The number of hydrogen-bond donors (Lipinski definition) is 1. The second kappa shape index (κ2) is 8.24. The molecule has 0 aromatic carbocycles. The predicted molar refractivity (Wildman–Crippen MR) is 117 cm³/mol. The third kappa shape index (κ3) is 3.78. The summed E-state index contributed by atoms with van der Waals surface area (Å²) in [4.78, 5) is 33.7. The fraction of sp³-hybridized carbons (Fsp3) is 0.565. The maximum Gasteiger partial charge on any atom is 0.333 e. The highest BCUT2D eigenvalue weighted by molar-refractivity contribution is 5.91. The number of ether oxygens (including phenoxy) is 1. The van der Waals surface area contributed by atoms with Crippen LogP contribution in [0.3, 0.4) is 0 Å². The summed E-state index contributed by atoms with van der Waals surface area (Å²) in [5.74, 6) is 0.317. The molecular formula is C23H27N7O4. The van der Waals surface area contributed by atoms with Crippen molar-refractivity contribution < 1.29 is 19.4 Å². The van der Waals surface area contributed by atoms with Crippen molar-refractivity contribution >= 4 is 11.9 Å². The van der Waals surface area contributed by atoms with Gasteiger partial charge in [-0.25, -0.2) is 4.79 Å². The topological polar surface area (TPSA) is 127 Å². The number of hydrogen-bond acceptors (Lipinski definition) is 9. The van der Waals surface area contributed by atoms with Gasteiger partial charge in [-0.15, -0.1) is 5.10 Å². The summed E-state index contributed by atoms with van der Waals surface area (Å²) in [5.41, 5.74) is 1.65. The second-order valence-corrected chi connectivity index (χ2v) is 9.82. The molecule has 4 aliphatic rings. The highest BCUT2D eigenvalue weighted by Gasteiger charge is 2.57. The van der Waals surface area contributed by atoms with Gasteiger partial charge in [0, 0.05) is 18.7 Å². The maximum absolute atomic E-state index is 13.6. The Morgan fingerprint density at radius 2 is 2.03 bits per heavy atom. The van der Waals surface area contributed by atoms with Crippen LogP contribution in [-0.4, -0.2) is 84.3 Å². The van der Waals surface area contributed by atoms with Crippen LogP contribution in [0.5, 0.6) is 0 Å². The Labute approximate surface area is 196 Å². The number of rotatable bonds is 6. The van der Waals surface area contributed by atoms with Crippen molar-refractivity contribution in [3.63, 3.8) is 0 Å². The Balaban J connectivity index is 1.10. The molecule has 6 rings (SSSR count). The number of pyridine rings is 1. The van der Waals surface area contributed by atoms with Crippen molar-refractivity contribution in [3.05, 3.63) is 42.1 Å². The number of likely N-dealkylation sites (tertiary alicyclic amines) is 2. The fourth-order valence-corrected chi connectivity index (χ4v) is 5.62. The molecule has 11 nitrogen and oxygen atoms in total. The first-order chi connectivity index (χ1) is 16.5. The summed E-state index contributed by atoms with van der Waals surface area (Å²) in [7, 11) is 0. The van der Waals surface area contributed by atoms with Crippen LogP contribution < -0.4 is 0 Å². The van der Waals surface area contributed by atoms with E-state index in [1.54, 1.807) is 12.3 Å². The number of aromatic nitrogens is 5. The van der Waals surface area contributed by atoms with Gasteiger partial charge in [-0.3, -0.25) is 9.78 Å². The molecule has 178 valence electrons. The molecule has 0 radical (unpaired) electrons. The van der Waals surface area contributed by atoms with E-state index in [1.807, 2.05) is 11.0 Å². The number of cyclic esters (lactones) is 1. The lowest BCUT2D eigenvalue weighted by atomic mass is 9.75. The number of aliphatic hydroxyl groups excluding tert-OH is 1. The van der Waals surface area contributed by atoms with Crippen molar-refractivity contribution in [1.82, 2.24) is 35.0 Å². The third-order valence-corrected chi connectivity index (χ3v) is 7.70. The van der Waals surface area contributed by atoms with E-state index >= 15 is 0 Å². The largest absolute Gasteiger partial charge is 0.456 e. The molecule has 1 saturated carbocycles. The molecule has 2 atom stereocenters. The lowest BCUT2D eigenvalue weighted by Gasteiger charge is -2.38. The molecule has 3 fully saturated rings. The highest BCUT2D eigenvalue weighted by Crippen LogP contribution is 2.52. The van der Waals surface area contributed by atoms with E-state index < -0.39 is 6.10 Å². The Kier molecular flexibility index (Phi) is 5.18. The van der Waals surface area contributed by atoms with Gasteiger partial charge in [-0.05, 0) is 73.7 Å². The average Bonchev–Trinajstić information content (AvgIpc) is 3.24. The molecule has 11 heteroatoms. The number of nitrogens with zero attached hydrogens (tertiary/aromatic N) is 7. The van der Waals surface area contributed by atoms with E-state index in [1.165, 1.54) is 17.1 Å². The Morgan fingerprint density at radius 3 is 2.65 bits per heavy atom. The summed E-state index contributed by atoms with van der Waals surface area (Å²) in [6.07, 6.45) is 8.53. The average molecular weight is 466 g/mol. The van der Waals surface area contributed by atoms with E-state index in [0.717, 1.165) is 56.6 Å². The van der Waals surface area contributed by atoms with Crippen LogP contribution in [0.4, 0.5) is 0 Å². The first kappa shape index (κ1) is 21.4. The van der Waals surface area contributed by atoms with Gasteiger partial charge in [-0.1, -0.05) is 0 Å². The quantitative estimate of drug-likeness (QED) is 0.611. The summed E-state index contributed by atoms with van der Waals surface area (Å²) >= 11 is 0. The molecule has 5 heterocycles. The number of aliphatic hydroxyl groups is 1. The number of tetrazole rings is 1. The Bertz CT molecular complexity index is 1100. The number of carbonyl (C=O) groups excluding carboxylic acids is 2. The van der Waals surface area contributed by atoms with Crippen molar-refractivity contribution in [2.45, 2.75) is 44.2 Å². The molecule has 3 aliphatic heterocycles. The second-order valence-electron chi connectivity index (χ2n) is 9.82. The van der Waals surface area contributed by atoms with Crippen LogP contribution in [0.15, 0.2) is 36.4 Å². The van der Waals surface area contributed by atoms with Gasteiger partial charge in [0.15, 0.2) is 0 Å². The minimum atomic E-state index is -0.723. The van der Waals surface area contributed by atoms with Crippen molar-refractivity contribution in [2.75, 3.05) is 26.2 Å². The number of β-amino-alcohol motifs (C(OH)–C–C–N with tert-alkyl or cyclic N) is 1. The lowest BCUT2D eigenvalue weighted by molar-refractivity contribution is -0.139. The summed E-state index contributed by atoms with van der Waals surface area (Å²) in [6.45, 7) is 2.14. The first-order valence-electron chi connectivity index (χ1n) is 11.8. The zero-order valence-electron chi connectivity index (χ0n) is 18.8. The van der Waals surface area contributed by atoms with Crippen molar-refractivity contribution in [1.29, 1.82) is 0 Å². The smallest absolute Gasteiger partial charge is 0.333 e. The molecule has 2 saturated heterocycles. The minimum absolute atomic E-state index is 0.147. The van der Waals surface area contributed by atoms with Crippen LogP contribution >= 0.6 is 0 Å². The molecule has 2 unspecified atom stereocenters. The van der Waals surface area contributed by atoms with Crippen LogP contribution in [0.25, 0.3) is 5.69 Å². The molecule has 2 aromatic rings. The van der Waals surface area contributed by atoms with Gasteiger partial charge < -0.3 is 19.6 Å². The normalized spacial score (nSPS) is 25.6. The zero-order valence-corrected chi connectivity index (χ0v) is 18.8. The van der Waals surface area contributed by atoms with Crippen molar-refractivity contribution in [2.24, 2.45) is 11.3 Å². The first-order valence-corrected chi connectivity index (χ1v) is 11.8. The molecular weight excluding hydrogens is 438 g/mol. The molecule has 1 N–H and O–H groups in total. The van der Waals surface area contributed by atoms with E-state index in [4.69, 9.17) is 4.74 Å². The minimum Gasteiger partial charge on any atom is -0.456 e. The summed E-state index contributed by atoms with van der Waals surface area (Å²) < 4.78 is 6.61. The van der Waals surface area contributed by atoms with Crippen LogP contribution in [0.1, 0.15) is 43.9 Å². The Hall–Kier alpha value is -3.18. The summed E-state index contributed by atoms with van der Waals surface area (Å²) in [5, 5.41) is 21.8. The molecule has 1 spiro atoms.